The van der Waals surface area contributed by atoms with Gasteiger partial charge in [-0.25, -0.2) is 0 Å². The number of nitrogen functional groups attached to an aromatic ring is 1. The first-order valence-electron chi connectivity index (χ1n) is 5.66. The van der Waals surface area contributed by atoms with E-state index in [9.17, 15) is 4.79 Å². The minimum atomic E-state index is -0.0683. The molecule has 0 saturated heterocycles. The Morgan fingerprint density at radius 2 is 1.78 bits per heavy atom. The van der Waals surface area contributed by atoms with Crippen LogP contribution in [0.3, 0.4) is 0 Å². The van der Waals surface area contributed by atoms with E-state index in [0.29, 0.717) is 21.8 Å². The summed E-state index contributed by atoms with van der Waals surface area (Å²) in [7, 11) is 0. The van der Waals surface area contributed by atoms with Crippen molar-refractivity contribution in [3.05, 3.63) is 63.7 Å². The van der Waals surface area contributed by atoms with Crippen LogP contribution in [0.4, 0.5) is 5.69 Å². The van der Waals surface area contributed by atoms with Crippen LogP contribution in [0, 0.1) is 13.8 Å². The van der Waals surface area contributed by atoms with Gasteiger partial charge < -0.3 is 5.73 Å². The molecule has 92 valence electrons. The average molecular weight is 260 g/mol. The second-order valence-corrected chi connectivity index (χ2v) is 4.79. The van der Waals surface area contributed by atoms with E-state index in [1.807, 2.05) is 32.0 Å². The van der Waals surface area contributed by atoms with Crippen molar-refractivity contribution >= 4 is 23.1 Å². The Labute approximate surface area is 111 Å². The maximum Gasteiger partial charge on any atom is 0.194 e. The lowest BCUT2D eigenvalue weighted by Gasteiger charge is -2.08. The highest BCUT2D eigenvalue weighted by Crippen LogP contribution is 2.23. The summed E-state index contributed by atoms with van der Waals surface area (Å²) in [4.78, 5) is 12.4. The number of halogens is 1. The summed E-state index contributed by atoms with van der Waals surface area (Å²) >= 11 is 6.07. The Morgan fingerprint density at radius 3 is 2.44 bits per heavy atom. The van der Waals surface area contributed by atoms with Gasteiger partial charge in [0.1, 0.15) is 0 Å². The van der Waals surface area contributed by atoms with Gasteiger partial charge in [0.15, 0.2) is 5.78 Å². The first-order valence-corrected chi connectivity index (χ1v) is 6.04. The van der Waals surface area contributed by atoms with Crippen LogP contribution in [-0.2, 0) is 0 Å². The number of anilines is 1. The molecule has 2 rings (SSSR count). The molecule has 0 heterocycles. The number of hydrogen-bond donors (Lipinski definition) is 1. The fourth-order valence-electron chi connectivity index (χ4n) is 1.84. The van der Waals surface area contributed by atoms with Crippen molar-refractivity contribution in [3.63, 3.8) is 0 Å². The number of aryl methyl sites for hydroxylation is 2. The van der Waals surface area contributed by atoms with Gasteiger partial charge in [0.05, 0.1) is 5.02 Å². The van der Waals surface area contributed by atoms with E-state index in [0.717, 1.165) is 11.1 Å². The van der Waals surface area contributed by atoms with Crippen molar-refractivity contribution in [2.24, 2.45) is 0 Å². The number of carbonyl (C=O) groups excluding carboxylic acids is 1. The molecule has 0 aliphatic heterocycles. The number of hydrogen-bond acceptors (Lipinski definition) is 2. The number of carbonyl (C=O) groups is 1. The van der Waals surface area contributed by atoms with Gasteiger partial charge in [-0.05, 0) is 43.7 Å². The van der Waals surface area contributed by atoms with Crippen LogP contribution in [0.15, 0.2) is 36.4 Å². The molecule has 0 unspecified atom stereocenters. The first kappa shape index (κ1) is 12.7. The number of benzene rings is 2. The van der Waals surface area contributed by atoms with Gasteiger partial charge in [-0.3, -0.25) is 4.79 Å². The largest absolute Gasteiger partial charge is 0.399 e. The van der Waals surface area contributed by atoms with Crippen molar-refractivity contribution in [1.29, 1.82) is 0 Å². The van der Waals surface area contributed by atoms with E-state index >= 15 is 0 Å². The van der Waals surface area contributed by atoms with Crippen molar-refractivity contribution in [2.75, 3.05) is 5.73 Å². The zero-order chi connectivity index (χ0) is 13.3. The van der Waals surface area contributed by atoms with E-state index in [1.165, 1.54) is 0 Å². The second-order valence-electron chi connectivity index (χ2n) is 4.39. The van der Waals surface area contributed by atoms with Crippen LogP contribution in [0.1, 0.15) is 27.0 Å². The summed E-state index contributed by atoms with van der Waals surface area (Å²) in [6.45, 7) is 3.87. The topological polar surface area (TPSA) is 43.1 Å². The molecular weight excluding hydrogens is 246 g/mol. The zero-order valence-electron chi connectivity index (χ0n) is 10.3. The lowest BCUT2D eigenvalue weighted by atomic mass is 9.97. The minimum Gasteiger partial charge on any atom is -0.399 e. The highest BCUT2D eigenvalue weighted by molar-refractivity contribution is 6.35. The van der Waals surface area contributed by atoms with Crippen LogP contribution in [0.25, 0.3) is 0 Å². The molecule has 0 atom stereocenters. The van der Waals surface area contributed by atoms with E-state index in [1.54, 1.807) is 18.2 Å². The molecule has 2 nitrogen and oxygen atoms in total. The van der Waals surface area contributed by atoms with Gasteiger partial charge in [-0.1, -0.05) is 29.3 Å². The summed E-state index contributed by atoms with van der Waals surface area (Å²) in [5.74, 6) is -0.0683. The van der Waals surface area contributed by atoms with Gasteiger partial charge >= 0.3 is 0 Å². The fraction of sp³-hybridized carbons (Fsp3) is 0.133. The third kappa shape index (κ3) is 2.39. The maximum atomic E-state index is 12.4. The molecule has 0 saturated carbocycles. The summed E-state index contributed by atoms with van der Waals surface area (Å²) in [6.07, 6.45) is 0. The Kier molecular flexibility index (Phi) is 3.39. The van der Waals surface area contributed by atoms with Crippen molar-refractivity contribution in [2.45, 2.75) is 13.8 Å². The molecule has 0 radical (unpaired) electrons. The predicted octanol–water partition coefficient (Wildman–Crippen LogP) is 3.77. The molecule has 2 aromatic carbocycles. The normalized spacial score (nSPS) is 10.4. The molecule has 0 aromatic heterocycles. The van der Waals surface area contributed by atoms with Gasteiger partial charge in [0, 0.05) is 16.8 Å². The highest BCUT2D eigenvalue weighted by atomic mass is 35.5. The molecule has 0 spiro atoms. The van der Waals surface area contributed by atoms with E-state index in [4.69, 9.17) is 17.3 Å². The van der Waals surface area contributed by atoms with Gasteiger partial charge in [0.2, 0.25) is 0 Å². The average Bonchev–Trinajstić information content (AvgIpc) is 2.31. The van der Waals surface area contributed by atoms with E-state index < -0.39 is 0 Å². The van der Waals surface area contributed by atoms with Gasteiger partial charge in [-0.15, -0.1) is 0 Å². The number of ketones is 1. The third-order valence-electron chi connectivity index (χ3n) is 2.88. The molecule has 18 heavy (non-hydrogen) atoms. The van der Waals surface area contributed by atoms with Crippen LogP contribution in [-0.4, -0.2) is 5.78 Å². The molecule has 2 aromatic rings. The third-order valence-corrected chi connectivity index (χ3v) is 3.19. The summed E-state index contributed by atoms with van der Waals surface area (Å²) in [5.41, 5.74) is 9.34. The van der Waals surface area contributed by atoms with E-state index in [2.05, 4.69) is 0 Å². The molecule has 2 N–H and O–H groups in total. The predicted molar refractivity (Wildman–Crippen MR) is 75.2 cm³/mol. The molecule has 3 heteroatoms. The Morgan fingerprint density at radius 1 is 1.06 bits per heavy atom. The Hall–Kier alpha value is -1.80. The number of nitrogens with two attached hydrogens (primary N) is 1. The Balaban J connectivity index is 2.51. The fourth-order valence-corrected chi connectivity index (χ4v) is 2.12. The first-order chi connectivity index (χ1) is 8.49. The van der Waals surface area contributed by atoms with Gasteiger partial charge in [0.25, 0.3) is 0 Å². The lowest BCUT2D eigenvalue weighted by molar-refractivity contribution is 0.103. The molecule has 0 aliphatic rings. The summed E-state index contributed by atoms with van der Waals surface area (Å²) < 4.78 is 0. The quantitative estimate of drug-likeness (QED) is 0.659. The number of rotatable bonds is 2. The van der Waals surface area contributed by atoms with Crippen LogP contribution >= 0.6 is 11.6 Å². The summed E-state index contributed by atoms with van der Waals surface area (Å²) in [6, 6.07) is 10.8. The van der Waals surface area contributed by atoms with Crippen LogP contribution in [0.2, 0.25) is 5.02 Å². The molecule has 0 fully saturated rings. The van der Waals surface area contributed by atoms with Crippen molar-refractivity contribution in [3.8, 4) is 0 Å². The van der Waals surface area contributed by atoms with Crippen LogP contribution in [0.5, 0.6) is 0 Å². The lowest BCUT2D eigenvalue weighted by Crippen LogP contribution is -2.05. The molecule has 0 aliphatic carbocycles. The Bertz CT molecular complexity index is 620. The SMILES string of the molecule is Cc1ccc(C)c(C(=O)c2ccc(N)cc2Cl)c1. The monoisotopic (exact) mass is 259 g/mol. The second kappa shape index (κ2) is 4.83. The van der Waals surface area contributed by atoms with E-state index in [-0.39, 0.29) is 5.78 Å². The molecule has 0 bridgehead atoms. The smallest absolute Gasteiger partial charge is 0.194 e. The van der Waals surface area contributed by atoms with Crippen molar-refractivity contribution < 1.29 is 4.79 Å². The summed E-state index contributed by atoms with van der Waals surface area (Å²) in [5, 5.41) is 0.390. The van der Waals surface area contributed by atoms with Crippen molar-refractivity contribution in [1.82, 2.24) is 0 Å². The highest BCUT2D eigenvalue weighted by Gasteiger charge is 2.15. The zero-order valence-corrected chi connectivity index (χ0v) is 11.1. The standard InChI is InChI=1S/C15H14ClNO/c1-9-3-4-10(2)13(7-9)15(18)12-6-5-11(17)8-14(12)16/h3-8H,17H2,1-2H3. The molecular formula is C15H14ClNO. The molecule has 0 amide bonds. The minimum absolute atomic E-state index is 0.0683. The maximum absolute atomic E-state index is 12.4. The van der Waals surface area contributed by atoms with Gasteiger partial charge in [-0.2, -0.15) is 0 Å². The van der Waals surface area contributed by atoms with Crippen LogP contribution < -0.4 is 5.73 Å².